The van der Waals surface area contributed by atoms with Crippen LogP contribution in [-0.4, -0.2) is 22.9 Å². The fourth-order valence-electron chi connectivity index (χ4n) is 1.66. The molecule has 1 aromatic carbocycles. The first-order valence-electron chi connectivity index (χ1n) is 5.90. The number of nitrogens with zero attached hydrogens (tertiary/aromatic N) is 2. The molecule has 0 aliphatic carbocycles. The highest BCUT2D eigenvalue weighted by atomic mass is 79.9. The second-order valence-electron chi connectivity index (χ2n) is 4.06. The zero-order valence-electron chi connectivity index (χ0n) is 11.0. The molecular weight excluding hydrogens is 340 g/mol. The van der Waals surface area contributed by atoms with E-state index in [2.05, 4.69) is 31.5 Å². The van der Waals surface area contributed by atoms with E-state index in [1.165, 1.54) is 6.07 Å². The summed E-state index contributed by atoms with van der Waals surface area (Å²) in [6, 6.07) is 8.17. The monoisotopic (exact) mass is 350 g/mol. The van der Waals surface area contributed by atoms with Crippen molar-refractivity contribution in [3.63, 3.8) is 0 Å². The van der Waals surface area contributed by atoms with Gasteiger partial charge in [-0.15, -0.1) is 0 Å². The fraction of sp³-hybridized carbons (Fsp3) is 0.0769. The van der Waals surface area contributed by atoms with Crippen molar-refractivity contribution in [1.29, 1.82) is 0 Å². The van der Waals surface area contributed by atoms with Crippen LogP contribution in [0, 0.1) is 10.1 Å². The molecule has 0 unspecified atom stereocenters. The maximum Gasteiger partial charge on any atom is 0.288 e. The van der Waals surface area contributed by atoms with Gasteiger partial charge in [0.25, 0.3) is 11.6 Å². The highest BCUT2D eigenvalue weighted by molar-refractivity contribution is 9.10. The van der Waals surface area contributed by atoms with Gasteiger partial charge in [0.15, 0.2) is 0 Å². The van der Waals surface area contributed by atoms with Crippen LogP contribution < -0.4 is 10.6 Å². The molecule has 0 saturated carbocycles. The Kier molecular flexibility index (Phi) is 4.49. The molecule has 2 rings (SSSR count). The third kappa shape index (κ3) is 3.54. The summed E-state index contributed by atoms with van der Waals surface area (Å²) in [5, 5.41) is 16.2. The van der Waals surface area contributed by atoms with Gasteiger partial charge in [0, 0.05) is 23.3 Å². The molecule has 21 heavy (non-hydrogen) atoms. The molecule has 0 saturated heterocycles. The van der Waals surface area contributed by atoms with E-state index in [9.17, 15) is 14.9 Å². The molecule has 1 heterocycles. The van der Waals surface area contributed by atoms with Crippen LogP contribution in [0.25, 0.3) is 0 Å². The Hall–Kier alpha value is -2.48. The predicted molar refractivity (Wildman–Crippen MR) is 82.5 cm³/mol. The van der Waals surface area contributed by atoms with Crippen molar-refractivity contribution in [3.8, 4) is 0 Å². The highest BCUT2D eigenvalue weighted by Crippen LogP contribution is 2.21. The van der Waals surface area contributed by atoms with Crippen LogP contribution in [0.5, 0.6) is 0 Å². The molecule has 2 aromatic rings. The number of carbonyl (C=O) groups excluding carboxylic acids is 1. The van der Waals surface area contributed by atoms with Crippen molar-refractivity contribution in [2.45, 2.75) is 0 Å². The molecule has 0 radical (unpaired) electrons. The Morgan fingerprint density at radius 2 is 2.00 bits per heavy atom. The lowest BCUT2D eigenvalue weighted by atomic mass is 10.2. The number of anilines is 2. The number of aromatic nitrogens is 1. The molecule has 0 atom stereocenters. The van der Waals surface area contributed by atoms with E-state index < -0.39 is 10.8 Å². The maximum absolute atomic E-state index is 12.2. The molecule has 0 aliphatic heterocycles. The van der Waals surface area contributed by atoms with Gasteiger partial charge in [0.1, 0.15) is 12.0 Å². The summed E-state index contributed by atoms with van der Waals surface area (Å²) >= 11 is 3.30. The van der Waals surface area contributed by atoms with E-state index in [1.807, 2.05) is 0 Å². The SMILES string of the molecule is CNc1ncc([N+](=O)[O-])cc1C(=O)Nc1ccc(Br)cc1. The largest absolute Gasteiger partial charge is 0.372 e. The van der Waals surface area contributed by atoms with E-state index in [4.69, 9.17) is 0 Å². The van der Waals surface area contributed by atoms with Gasteiger partial charge in [-0.1, -0.05) is 15.9 Å². The number of pyridine rings is 1. The van der Waals surface area contributed by atoms with Gasteiger partial charge in [-0.3, -0.25) is 14.9 Å². The van der Waals surface area contributed by atoms with Gasteiger partial charge in [-0.2, -0.15) is 0 Å². The van der Waals surface area contributed by atoms with Crippen LogP contribution >= 0.6 is 15.9 Å². The number of rotatable bonds is 4. The molecule has 1 amide bonds. The standard InChI is InChI=1S/C13H11BrN4O3/c1-15-12-11(6-10(7-16-12)18(20)21)13(19)17-9-4-2-8(14)3-5-9/h2-7H,1H3,(H,15,16)(H,17,19). The van der Waals surface area contributed by atoms with Crippen LogP contribution in [0.1, 0.15) is 10.4 Å². The van der Waals surface area contributed by atoms with Crippen LogP contribution in [0.2, 0.25) is 0 Å². The summed E-state index contributed by atoms with van der Waals surface area (Å²) < 4.78 is 0.883. The Bertz CT molecular complexity index is 688. The number of halogens is 1. The molecule has 0 aliphatic rings. The lowest BCUT2D eigenvalue weighted by Crippen LogP contribution is -2.15. The van der Waals surface area contributed by atoms with Crippen molar-refractivity contribution in [3.05, 3.63) is 56.7 Å². The Morgan fingerprint density at radius 3 is 2.57 bits per heavy atom. The van der Waals surface area contributed by atoms with E-state index in [1.54, 1.807) is 31.3 Å². The molecule has 0 fully saturated rings. The third-order valence-electron chi connectivity index (χ3n) is 2.67. The van der Waals surface area contributed by atoms with Crippen molar-refractivity contribution in [1.82, 2.24) is 4.98 Å². The van der Waals surface area contributed by atoms with Crippen LogP contribution in [0.15, 0.2) is 41.0 Å². The number of nitrogens with one attached hydrogen (secondary N) is 2. The summed E-state index contributed by atoms with van der Waals surface area (Å²) in [5.41, 5.74) is 0.446. The lowest BCUT2D eigenvalue weighted by molar-refractivity contribution is -0.385. The minimum atomic E-state index is -0.594. The van der Waals surface area contributed by atoms with E-state index in [0.717, 1.165) is 10.7 Å². The Morgan fingerprint density at radius 1 is 1.33 bits per heavy atom. The number of amides is 1. The smallest absolute Gasteiger partial charge is 0.288 e. The van der Waals surface area contributed by atoms with Crippen molar-refractivity contribution >= 4 is 39.0 Å². The van der Waals surface area contributed by atoms with E-state index >= 15 is 0 Å². The Labute approximate surface area is 128 Å². The summed E-state index contributed by atoms with van der Waals surface area (Å²) in [5.74, 6) is -0.201. The van der Waals surface area contributed by atoms with Gasteiger partial charge >= 0.3 is 0 Å². The molecule has 2 N–H and O–H groups in total. The fourth-order valence-corrected chi connectivity index (χ4v) is 1.92. The molecule has 1 aromatic heterocycles. The van der Waals surface area contributed by atoms with Gasteiger partial charge in [-0.25, -0.2) is 4.98 Å². The first-order chi connectivity index (χ1) is 10.0. The predicted octanol–water partition coefficient (Wildman–Crippen LogP) is 3.05. The molecule has 8 heteroatoms. The Balaban J connectivity index is 2.30. The zero-order chi connectivity index (χ0) is 15.4. The zero-order valence-corrected chi connectivity index (χ0v) is 12.5. The van der Waals surface area contributed by atoms with Gasteiger partial charge in [0.05, 0.1) is 10.5 Å². The van der Waals surface area contributed by atoms with Gasteiger partial charge in [0.2, 0.25) is 0 Å². The summed E-state index contributed by atoms with van der Waals surface area (Å²) in [7, 11) is 1.59. The molecule has 0 spiro atoms. The van der Waals surface area contributed by atoms with Gasteiger partial charge < -0.3 is 10.6 Å². The van der Waals surface area contributed by atoms with Gasteiger partial charge in [-0.05, 0) is 24.3 Å². The minimum Gasteiger partial charge on any atom is -0.372 e. The summed E-state index contributed by atoms with van der Waals surface area (Å²) in [6.45, 7) is 0. The molecular formula is C13H11BrN4O3. The highest BCUT2D eigenvalue weighted by Gasteiger charge is 2.17. The topological polar surface area (TPSA) is 97.2 Å². The molecule has 0 bridgehead atoms. The van der Waals surface area contributed by atoms with Crippen molar-refractivity contribution in [2.24, 2.45) is 0 Å². The van der Waals surface area contributed by atoms with Crippen LogP contribution in [0.4, 0.5) is 17.2 Å². The number of hydrogen-bond acceptors (Lipinski definition) is 5. The number of hydrogen-bond donors (Lipinski definition) is 2. The van der Waals surface area contributed by atoms with E-state index in [-0.39, 0.29) is 17.1 Å². The summed E-state index contributed by atoms with van der Waals surface area (Å²) in [4.78, 5) is 26.3. The first kappa shape index (κ1) is 14.9. The summed E-state index contributed by atoms with van der Waals surface area (Å²) in [6.07, 6.45) is 1.10. The second kappa shape index (κ2) is 6.31. The average Bonchev–Trinajstić information content (AvgIpc) is 2.48. The third-order valence-corrected chi connectivity index (χ3v) is 3.20. The van der Waals surface area contributed by atoms with Crippen molar-refractivity contribution < 1.29 is 9.72 Å². The average molecular weight is 351 g/mol. The van der Waals surface area contributed by atoms with E-state index in [0.29, 0.717) is 5.69 Å². The quantitative estimate of drug-likeness (QED) is 0.652. The molecule has 7 nitrogen and oxygen atoms in total. The van der Waals surface area contributed by atoms with Crippen LogP contribution in [-0.2, 0) is 0 Å². The normalized spacial score (nSPS) is 10.0. The maximum atomic E-state index is 12.2. The molecule has 108 valence electrons. The number of nitro groups is 1. The second-order valence-corrected chi connectivity index (χ2v) is 4.97. The minimum absolute atomic E-state index is 0.106. The number of benzene rings is 1. The van der Waals surface area contributed by atoms with Crippen LogP contribution in [0.3, 0.4) is 0 Å². The lowest BCUT2D eigenvalue weighted by Gasteiger charge is -2.09. The first-order valence-corrected chi connectivity index (χ1v) is 6.69. The number of carbonyl (C=O) groups is 1. The van der Waals surface area contributed by atoms with Crippen molar-refractivity contribution in [2.75, 3.05) is 17.7 Å².